The Morgan fingerprint density at radius 2 is 1.52 bits per heavy atom. The van der Waals surface area contributed by atoms with E-state index in [9.17, 15) is 24.5 Å². The van der Waals surface area contributed by atoms with E-state index in [0.717, 1.165) is 4.90 Å². The molecule has 0 fully saturated rings. The van der Waals surface area contributed by atoms with Crippen molar-refractivity contribution in [1.29, 1.82) is 0 Å². The number of imide groups is 1. The van der Waals surface area contributed by atoms with Gasteiger partial charge >= 0.3 is 5.97 Å². The molecule has 0 saturated heterocycles. The summed E-state index contributed by atoms with van der Waals surface area (Å²) in [5.74, 6) is -0.642. The number of amides is 2. The van der Waals surface area contributed by atoms with Crippen LogP contribution in [0.1, 0.15) is 42.3 Å². The highest BCUT2D eigenvalue weighted by atomic mass is 16.6. The van der Waals surface area contributed by atoms with Crippen LogP contribution < -0.4 is 9.64 Å². The average molecular weight is 560 g/mol. The highest BCUT2D eigenvalue weighted by Crippen LogP contribution is 2.34. The van der Waals surface area contributed by atoms with Gasteiger partial charge in [-0.1, -0.05) is 36.4 Å². The fourth-order valence-electron chi connectivity index (χ4n) is 4.80. The summed E-state index contributed by atoms with van der Waals surface area (Å²) < 4.78 is 11.2. The fraction of sp³-hybridized carbons (Fsp3) is 0.0625. The lowest BCUT2D eigenvalue weighted by atomic mass is 10.0. The number of hydrogen-bond donors (Lipinski definition) is 0. The van der Waals surface area contributed by atoms with Crippen molar-refractivity contribution in [2.24, 2.45) is 0 Å². The largest absolute Gasteiger partial charge is 0.457 e. The molecule has 0 atom stereocenters. The van der Waals surface area contributed by atoms with Crippen LogP contribution in [0.3, 0.4) is 0 Å². The smallest absolute Gasteiger partial charge is 0.338 e. The van der Waals surface area contributed by atoms with Crippen LogP contribution in [-0.4, -0.2) is 27.7 Å². The Morgan fingerprint density at radius 1 is 0.857 bits per heavy atom. The van der Waals surface area contributed by atoms with E-state index in [-0.39, 0.29) is 29.1 Å². The second kappa shape index (κ2) is 10.6. The Kier molecular flexibility index (Phi) is 6.63. The first-order valence-corrected chi connectivity index (χ1v) is 12.9. The Labute approximate surface area is 238 Å². The van der Waals surface area contributed by atoms with Crippen LogP contribution in [-0.2, 0) is 11.3 Å². The quantitative estimate of drug-likeness (QED) is 0.0969. The third-order valence-electron chi connectivity index (χ3n) is 6.82. The zero-order valence-corrected chi connectivity index (χ0v) is 22.1. The van der Waals surface area contributed by atoms with Crippen molar-refractivity contribution in [3.8, 4) is 11.5 Å². The summed E-state index contributed by atoms with van der Waals surface area (Å²) in [5.41, 5.74) is 2.75. The minimum absolute atomic E-state index is 0.0231. The summed E-state index contributed by atoms with van der Waals surface area (Å²) in [6.45, 7) is 1.67. The minimum Gasteiger partial charge on any atom is -0.457 e. The summed E-state index contributed by atoms with van der Waals surface area (Å²) >= 11 is 0. The number of pyridine rings is 1. The maximum atomic E-state index is 13.5. The first-order chi connectivity index (χ1) is 20.3. The van der Waals surface area contributed by atoms with Crippen LogP contribution in [0.5, 0.6) is 11.5 Å². The SMILES string of the molecule is Cc1nc2ccccc2c2c1C(=O)N(c1cccc(C(=O)OCc3ccc(Oc4ccc([N+](=O)[O-])cc4)cc3)c1)C2=O. The number of ether oxygens (including phenoxy) is 2. The lowest BCUT2D eigenvalue weighted by Gasteiger charge is -2.15. The second-order valence-corrected chi connectivity index (χ2v) is 9.53. The average Bonchev–Trinajstić information content (AvgIpc) is 3.27. The number of rotatable bonds is 7. The van der Waals surface area contributed by atoms with Crippen molar-refractivity contribution in [2.45, 2.75) is 13.5 Å². The first-order valence-electron chi connectivity index (χ1n) is 12.9. The molecule has 0 aliphatic carbocycles. The van der Waals surface area contributed by atoms with Crippen molar-refractivity contribution in [2.75, 3.05) is 4.90 Å². The molecule has 0 bridgehead atoms. The summed E-state index contributed by atoms with van der Waals surface area (Å²) in [6, 6.07) is 25.9. The van der Waals surface area contributed by atoms with Crippen molar-refractivity contribution in [1.82, 2.24) is 4.98 Å². The maximum Gasteiger partial charge on any atom is 0.338 e. The molecule has 0 saturated carbocycles. The number of aromatic nitrogens is 1. The number of carbonyl (C=O) groups is 3. The predicted octanol–water partition coefficient (Wildman–Crippen LogP) is 6.40. The van der Waals surface area contributed by atoms with E-state index in [4.69, 9.17) is 9.47 Å². The molecule has 0 N–H and O–H groups in total. The summed E-state index contributed by atoms with van der Waals surface area (Å²) in [6.07, 6.45) is 0. The van der Waals surface area contributed by atoms with E-state index in [1.807, 2.05) is 6.07 Å². The third-order valence-corrected chi connectivity index (χ3v) is 6.82. The highest BCUT2D eigenvalue weighted by Gasteiger charge is 2.40. The molecular weight excluding hydrogens is 538 g/mol. The number of carbonyl (C=O) groups excluding carboxylic acids is 3. The topological polar surface area (TPSA) is 129 Å². The number of para-hydroxylation sites is 1. The summed E-state index contributed by atoms with van der Waals surface area (Å²) in [4.78, 5) is 55.6. The van der Waals surface area contributed by atoms with Gasteiger partial charge in [0.05, 0.1) is 38.5 Å². The van der Waals surface area contributed by atoms with Gasteiger partial charge in [0.15, 0.2) is 0 Å². The van der Waals surface area contributed by atoms with Crippen molar-refractivity contribution in [3.05, 3.63) is 135 Å². The Hall–Kier alpha value is -5.90. The molecule has 1 aliphatic heterocycles. The standard InChI is InChI=1S/C32H21N3O7/c1-19-28-29(26-7-2-3-8-27(26)33-19)31(37)34(30(28)36)23-6-4-5-21(17-23)32(38)41-18-20-9-13-24(14-10-20)42-25-15-11-22(12-16-25)35(39)40/h2-17H,18H2,1H3. The zero-order chi connectivity index (χ0) is 29.4. The van der Waals surface area contributed by atoms with Crippen molar-refractivity contribution >= 4 is 40.1 Å². The van der Waals surface area contributed by atoms with Crippen molar-refractivity contribution in [3.63, 3.8) is 0 Å². The number of nitro groups is 1. The number of aryl methyl sites for hydroxylation is 1. The van der Waals surface area contributed by atoms with Crippen LogP contribution in [0.4, 0.5) is 11.4 Å². The van der Waals surface area contributed by atoms with E-state index in [1.54, 1.807) is 67.6 Å². The normalized spacial score (nSPS) is 12.4. The van der Waals surface area contributed by atoms with E-state index in [2.05, 4.69) is 4.98 Å². The van der Waals surface area contributed by atoms with E-state index >= 15 is 0 Å². The molecule has 0 unspecified atom stereocenters. The van der Waals surface area contributed by atoms with Gasteiger partial charge in [-0.25, -0.2) is 9.69 Å². The molecule has 206 valence electrons. The molecule has 42 heavy (non-hydrogen) atoms. The lowest BCUT2D eigenvalue weighted by Crippen LogP contribution is -2.29. The molecule has 5 aromatic rings. The molecule has 6 rings (SSSR count). The van der Waals surface area contributed by atoms with Crippen molar-refractivity contribution < 1.29 is 28.8 Å². The molecule has 0 radical (unpaired) electrons. The van der Waals surface area contributed by atoms with Crippen LogP contribution in [0.25, 0.3) is 10.9 Å². The minimum atomic E-state index is -0.622. The number of anilines is 1. The van der Waals surface area contributed by atoms with Gasteiger partial charge < -0.3 is 9.47 Å². The molecule has 1 aromatic heterocycles. The van der Waals surface area contributed by atoms with Gasteiger partial charge in [0.2, 0.25) is 0 Å². The number of fused-ring (bicyclic) bond motifs is 3. The van der Waals surface area contributed by atoms with Gasteiger partial charge in [-0.05, 0) is 61.0 Å². The number of non-ortho nitro benzene ring substituents is 1. The van der Waals surface area contributed by atoms with Gasteiger partial charge in [-0.3, -0.25) is 24.7 Å². The first kappa shape index (κ1) is 26.3. The van der Waals surface area contributed by atoms with Gasteiger partial charge in [0.1, 0.15) is 18.1 Å². The molecule has 10 nitrogen and oxygen atoms in total. The summed E-state index contributed by atoms with van der Waals surface area (Å²) in [7, 11) is 0. The van der Waals surface area contributed by atoms with Crippen LogP contribution >= 0.6 is 0 Å². The number of hydrogen-bond acceptors (Lipinski definition) is 8. The Morgan fingerprint density at radius 3 is 2.24 bits per heavy atom. The van der Waals surface area contributed by atoms with E-state index < -0.39 is 22.7 Å². The van der Waals surface area contributed by atoms with Gasteiger partial charge in [0, 0.05) is 17.5 Å². The number of nitro benzene ring substituents is 1. The van der Waals surface area contributed by atoms with Crippen LogP contribution in [0.2, 0.25) is 0 Å². The number of benzene rings is 4. The highest BCUT2D eigenvalue weighted by molar-refractivity contribution is 6.37. The molecule has 0 spiro atoms. The zero-order valence-electron chi connectivity index (χ0n) is 22.1. The Balaban J connectivity index is 1.14. The molecule has 2 amide bonds. The van der Waals surface area contributed by atoms with E-state index in [1.165, 1.54) is 30.3 Å². The monoisotopic (exact) mass is 559 g/mol. The van der Waals surface area contributed by atoms with Gasteiger partial charge in [-0.2, -0.15) is 0 Å². The molecule has 4 aromatic carbocycles. The molecular formula is C32H21N3O7. The third kappa shape index (κ3) is 4.81. The summed E-state index contributed by atoms with van der Waals surface area (Å²) in [5, 5.41) is 11.4. The molecule has 10 heteroatoms. The maximum absolute atomic E-state index is 13.5. The van der Waals surface area contributed by atoms with Gasteiger partial charge in [-0.15, -0.1) is 0 Å². The predicted molar refractivity (Wildman–Crippen MR) is 153 cm³/mol. The number of esters is 1. The van der Waals surface area contributed by atoms with Crippen LogP contribution in [0.15, 0.2) is 97.1 Å². The molecule has 2 heterocycles. The fourth-order valence-corrected chi connectivity index (χ4v) is 4.80. The number of nitrogens with zero attached hydrogens (tertiary/aromatic N) is 3. The molecule has 1 aliphatic rings. The van der Waals surface area contributed by atoms with Crippen LogP contribution in [0, 0.1) is 17.0 Å². The second-order valence-electron chi connectivity index (χ2n) is 9.53. The lowest BCUT2D eigenvalue weighted by molar-refractivity contribution is -0.384. The Bertz CT molecular complexity index is 1900. The van der Waals surface area contributed by atoms with E-state index in [0.29, 0.717) is 39.2 Å². The van der Waals surface area contributed by atoms with Gasteiger partial charge in [0.25, 0.3) is 17.5 Å².